The highest BCUT2D eigenvalue weighted by atomic mass is 127. The quantitative estimate of drug-likeness (QED) is 0.410. The zero-order chi connectivity index (χ0) is 15.9. The van der Waals surface area contributed by atoms with E-state index in [0.717, 1.165) is 36.9 Å². The van der Waals surface area contributed by atoms with Gasteiger partial charge in [0.05, 0.1) is 25.8 Å². The van der Waals surface area contributed by atoms with E-state index in [9.17, 15) is 0 Å². The van der Waals surface area contributed by atoms with E-state index in [2.05, 4.69) is 21.3 Å². The number of guanidine groups is 1. The van der Waals surface area contributed by atoms with Gasteiger partial charge in [0.1, 0.15) is 0 Å². The van der Waals surface area contributed by atoms with E-state index in [1.165, 1.54) is 0 Å². The lowest BCUT2D eigenvalue weighted by Crippen LogP contribution is -2.41. The van der Waals surface area contributed by atoms with Crippen molar-refractivity contribution in [3.05, 3.63) is 34.9 Å². The fourth-order valence-electron chi connectivity index (χ4n) is 2.57. The maximum Gasteiger partial charge on any atom is 0.188 e. The van der Waals surface area contributed by atoms with Crippen LogP contribution in [0.2, 0.25) is 5.02 Å². The van der Waals surface area contributed by atoms with Crippen molar-refractivity contribution in [3.63, 3.8) is 0 Å². The lowest BCUT2D eigenvalue weighted by atomic mass is 10.0. The second kappa shape index (κ2) is 10.3. The summed E-state index contributed by atoms with van der Waals surface area (Å²) >= 11 is 6.38. The van der Waals surface area contributed by atoms with Crippen molar-refractivity contribution in [1.29, 1.82) is 0 Å². The molecule has 0 spiro atoms. The predicted octanol–water partition coefficient (Wildman–Crippen LogP) is 2.64. The molecule has 1 aliphatic heterocycles. The highest BCUT2D eigenvalue weighted by Crippen LogP contribution is 2.28. The second-order valence-electron chi connectivity index (χ2n) is 5.71. The topological polar surface area (TPSA) is 62.9 Å². The van der Waals surface area contributed by atoms with Gasteiger partial charge < -0.3 is 15.8 Å². The first-order valence-electron chi connectivity index (χ1n) is 7.70. The maximum atomic E-state index is 6.38. The molecule has 3 N–H and O–H groups in total. The predicted molar refractivity (Wildman–Crippen MR) is 107 cm³/mol. The zero-order valence-corrected chi connectivity index (χ0v) is 16.8. The van der Waals surface area contributed by atoms with Gasteiger partial charge in [0.15, 0.2) is 5.96 Å². The lowest BCUT2D eigenvalue weighted by molar-refractivity contribution is 0.0180. The SMILES string of the molecule is CC(C)NC(N)=NCC(c1ccccc1Cl)N1CCOCC1.I. The molecule has 1 aliphatic rings. The van der Waals surface area contributed by atoms with Gasteiger partial charge in [0.2, 0.25) is 0 Å². The maximum absolute atomic E-state index is 6.38. The van der Waals surface area contributed by atoms with Crippen molar-refractivity contribution in [3.8, 4) is 0 Å². The molecule has 1 aromatic carbocycles. The fourth-order valence-corrected chi connectivity index (χ4v) is 2.83. The van der Waals surface area contributed by atoms with Crippen LogP contribution in [0.5, 0.6) is 0 Å². The van der Waals surface area contributed by atoms with Gasteiger partial charge in [-0.1, -0.05) is 29.8 Å². The highest BCUT2D eigenvalue weighted by molar-refractivity contribution is 14.0. The van der Waals surface area contributed by atoms with Crippen LogP contribution in [0.1, 0.15) is 25.5 Å². The summed E-state index contributed by atoms with van der Waals surface area (Å²) in [6.07, 6.45) is 0. The summed E-state index contributed by atoms with van der Waals surface area (Å²) < 4.78 is 5.45. The molecule has 0 bridgehead atoms. The van der Waals surface area contributed by atoms with Gasteiger partial charge in [-0.3, -0.25) is 9.89 Å². The summed E-state index contributed by atoms with van der Waals surface area (Å²) in [6.45, 7) is 7.89. The standard InChI is InChI=1S/C16H25ClN4O.HI/c1-12(2)20-16(18)19-11-15(21-7-9-22-10-8-21)13-5-3-4-6-14(13)17;/h3-6,12,15H,7-11H2,1-2H3,(H3,18,19,20);1H. The average molecular weight is 453 g/mol. The average Bonchev–Trinajstić information content (AvgIpc) is 2.49. The number of halogens is 2. The number of benzene rings is 1. The zero-order valence-electron chi connectivity index (χ0n) is 13.7. The Morgan fingerprint density at radius 2 is 2.00 bits per heavy atom. The summed E-state index contributed by atoms with van der Waals surface area (Å²) in [5.41, 5.74) is 7.02. The van der Waals surface area contributed by atoms with E-state index in [4.69, 9.17) is 22.1 Å². The Bertz CT molecular complexity index is 507. The summed E-state index contributed by atoms with van der Waals surface area (Å²) in [7, 11) is 0. The van der Waals surface area contributed by atoms with E-state index < -0.39 is 0 Å². The summed E-state index contributed by atoms with van der Waals surface area (Å²) in [5.74, 6) is 0.473. The van der Waals surface area contributed by atoms with Crippen LogP contribution in [0.25, 0.3) is 0 Å². The number of nitrogens with zero attached hydrogens (tertiary/aromatic N) is 2. The Balaban J connectivity index is 0.00000264. The highest BCUT2D eigenvalue weighted by Gasteiger charge is 2.24. The Morgan fingerprint density at radius 3 is 2.61 bits per heavy atom. The van der Waals surface area contributed by atoms with Gasteiger partial charge in [-0.25, -0.2) is 0 Å². The molecule has 0 aliphatic carbocycles. The Labute approximate surface area is 160 Å². The normalized spacial score (nSPS) is 17.7. The van der Waals surface area contributed by atoms with Gasteiger partial charge >= 0.3 is 0 Å². The van der Waals surface area contributed by atoms with E-state index in [1.54, 1.807) is 0 Å². The Kier molecular flexibility index (Phi) is 9.19. The number of rotatable bonds is 5. The number of nitrogens with one attached hydrogen (secondary N) is 1. The molecule has 2 rings (SSSR count). The Hall–Kier alpha value is -0.570. The van der Waals surface area contributed by atoms with Crippen LogP contribution in [-0.4, -0.2) is 49.7 Å². The van der Waals surface area contributed by atoms with Gasteiger partial charge in [-0.05, 0) is 25.5 Å². The molecule has 130 valence electrons. The van der Waals surface area contributed by atoms with Crippen molar-refractivity contribution in [2.75, 3.05) is 32.8 Å². The van der Waals surface area contributed by atoms with Gasteiger partial charge in [-0.15, -0.1) is 24.0 Å². The Morgan fingerprint density at radius 1 is 1.35 bits per heavy atom. The molecule has 1 saturated heterocycles. The summed E-state index contributed by atoms with van der Waals surface area (Å²) in [5, 5.41) is 3.89. The van der Waals surface area contributed by atoms with Crippen molar-refractivity contribution >= 4 is 41.5 Å². The molecule has 0 aromatic heterocycles. The molecule has 1 aromatic rings. The van der Waals surface area contributed by atoms with E-state index in [-0.39, 0.29) is 36.1 Å². The summed E-state index contributed by atoms with van der Waals surface area (Å²) in [6, 6.07) is 8.32. The largest absolute Gasteiger partial charge is 0.379 e. The summed E-state index contributed by atoms with van der Waals surface area (Å²) in [4.78, 5) is 6.86. The number of nitrogens with two attached hydrogens (primary N) is 1. The van der Waals surface area contributed by atoms with Crippen LogP contribution in [0.4, 0.5) is 0 Å². The van der Waals surface area contributed by atoms with Crippen LogP contribution >= 0.6 is 35.6 Å². The molecule has 0 radical (unpaired) electrons. The smallest absolute Gasteiger partial charge is 0.188 e. The van der Waals surface area contributed by atoms with Crippen molar-refractivity contribution in [2.45, 2.75) is 25.9 Å². The molecule has 0 amide bonds. The van der Waals surface area contributed by atoms with Crippen LogP contribution in [0, 0.1) is 0 Å². The molecule has 5 nitrogen and oxygen atoms in total. The first-order valence-corrected chi connectivity index (χ1v) is 8.08. The minimum Gasteiger partial charge on any atom is -0.379 e. The molecule has 1 fully saturated rings. The molecule has 1 heterocycles. The monoisotopic (exact) mass is 452 g/mol. The lowest BCUT2D eigenvalue weighted by Gasteiger charge is -2.34. The van der Waals surface area contributed by atoms with Crippen molar-refractivity contribution in [1.82, 2.24) is 10.2 Å². The number of morpholine rings is 1. The van der Waals surface area contributed by atoms with E-state index in [1.807, 2.05) is 32.0 Å². The second-order valence-corrected chi connectivity index (χ2v) is 6.12. The molecule has 0 saturated carbocycles. The van der Waals surface area contributed by atoms with Crippen LogP contribution < -0.4 is 11.1 Å². The third-order valence-corrected chi connectivity index (χ3v) is 3.97. The first kappa shape index (κ1) is 20.5. The fraction of sp³-hybridized carbons (Fsp3) is 0.562. The number of hydrogen-bond acceptors (Lipinski definition) is 3. The first-order chi connectivity index (χ1) is 10.6. The minimum atomic E-state index is 0. The van der Waals surface area contributed by atoms with Crippen molar-refractivity contribution in [2.24, 2.45) is 10.7 Å². The molecule has 23 heavy (non-hydrogen) atoms. The number of aliphatic imine (C=N–C) groups is 1. The van der Waals surface area contributed by atoms with Crippen LogP contribution in [-0.2, 0) is 4.74 Å². The third-order valence-electron chi connectivity index (χ3n) is 3.62. The van der Waals surface area contributed by atoms with E-state index >= 15 is 0 Å². The number of hydrogen-bond donors (Lipinski definition) is 2. The molecular formula is C16H26ClIN4O. The van der Waals surface area contributed by atoms with Gasteiger partial charge in [0, 0.05) is 24.2 Å². The minimum absolute atomic E-state index is 0. The van der Waals surface area contributed by atoms with E-state index in [0.29, 0.717) is 12.5 Å². The third kappa shape index (κ3) is 6.45. The van der Waals surface area contributed by atoms with Crippen LogP contribution in [0.3, 0.4) is 0 Å². The molecular weight excluding hydrogens is 427 g/mol. The van der Waals surface area contributed by atoms with Crippen LogP contribution in [0.15, 0.2) is 29.3 Å². The van der Waals surface area contributed by atoms with Crippen molar-refractivity contribution < 1.29 is 4.74 Å². The van der Waals surface area contributed by atoms with Gasteiger partial charge in [0.25, 0.3) is 0 Å². The van der Waals surface area contributed by atoms with Gasteiger partial charge in [-0.2, -0.15) is 0 Å². The molecule has 1 unspecified atom stereocenters. The molecule has 7 heteroatoms. The number of ether oxygens (including phenoxy) is 1. The molecule has 1 atom stereocenters.